The highest BCUT2D eigenvalue weighted by Gasteiger charge is 2.20. The van der Waals surface area contributed by atoms with Gasteiger partial charge in [-0.2, -0.15) is 0 Å². The number of aryl methyl sites for hydroxylation is 2. The third-order valence-corrected chi connectivity index (χ3v) is 2.93. The lowest BCUT2D eigenvalue weighted by molar-refractivity contribution is 0.579. The van der Waals surface area contributed by atoms with Gasteiger partial charge in [-0.15, -0.1) is 0 Å². The monoisotopic (exact) mass is 193 g/mol. The predicted octanol–water partition coefficient (Wildman–Crippen LogP) is 2.52. The summed E-state index contributed by atoms with van der Waals surface area (Å²) < 4.78 is 13.8. The van der Waals surface area contributed by atoms with Gasteiger partial charge in [0.15, 0.2) is 0 Å². The molecule has 2 heteroatoms. The van der Waals surface area contributed by atoms with Crippen LogP contribution in [0.25, 0.3) is 0 Å². The van der Waals surface area contributed by atoms with Crippen LogP contribution >= 0.6 is 0 Å². The standard InChI is InChI=1S/C12H16FN/c1-8-5-9(2)12(13)11(6-8)10-3-4-14-7-10/h5-6,10,14H,3-4,7H2,1-2H3. The number of halogens is 1. The van der Waals surface area contributed by atoms with Gasteiger partial charge in [0.05, 0.1) is 0 Å². The van der Waals surface area contributed by atoms with Crippen molar-refractivity contribution in [3.8, 4) is 0 Å². The van der Waals surface area contributed by atoms with Crippen LogP contribution in [0.3, 0.4) is 0 Å². The van der Waals surface area contributed by atoms with Gasteiger partial charge in [-0.05, 0) is 37.9 Å². The van der Waals surface area contributed by atoms with Crippen LogP contribution in [0.1, 0.15) is 29.0 Å². The van der Waals surface area contributed by atoms with E-state index in [1.54, 1.807) is 0 Å². The molecule has 1 nitrogen and oxygen atoms in total. The predicted molar refractivity (Wildman–Crippen MR) is 56.1 cm³/mol. The molecule has 0 aliphatic carbocycles. The lowest BCUT2D eigenvalue weighted by Gasteiger charge is -2.12. The molecule has 0 aromatic heterocycles. The molecule has 1 unspecified atom stereocenters. The van der Waals surface area contributed by atoms with Crippen LogP contribution in [-0.4, -0.2) is 13.1 Å². The number of benzene rings is 1. The first-order chi connectivity index (χ1) is 6.68. The zero-order valence-electron chi connectivity index (χ0n) is 8.73. The molecule has 0 saturated carbocycles. The maximum absolute atomic E-state index is 13.8. The number of nitrogens with one attached hydrogen (secondary N) is 1. The van der Waals surface area contributed by atoms with Gasteiger partial charge in [0.2, 0.25) is 0 Å². The van der Waals surface area contributed by atoms with Crippen molar-refractivity contribution >= 4 is 0 Å². The van der Waals surface area contributed by atoms with Crippen LogP contribution in [0.5, 0.6) is 0 Å². The summed E-state index contributed by atoms with van der Waals surface area (Å²) in [7, 11) is 0. The summed E-state index contributed by atoms with van der Waals surface area (Å²) in [4.78, 5) is 0. The highest BCUT2D eigenvalue weighted by atomic mass is 19.1. The topological polar surface area (TPSA) is 12.0 Å². The van der Waals surface area contributed by atoms with Crippen molar-refractivity contribution in [3.05, 3.63) is 34.6 Å². The Morgan fingerprint density at radius 2 is 2.14 bits per heavy atom. The largest absolute Gasteiger partial charge is 0.316 e. The van der Waals surface area contributed by atoms with Crippen molar-refractivity contribution in [2.24, 2.45) is 0 Å². The van der Waals surface area contributed by atoms with Crippen molar-refractivity contribution in [1.29, 1.82) is 0 Å². The smallest absolute Gasteiger partial charge is 0.129 e. The molecule has 1 saturated heterocycles. The lowest BCUT2D eigenvalue weighted by atomic mass is 9.94. The Balaban J connectivity index is 2.40. The van der Waals surface area contributed by atoms with E-state index < -0.39 is 0 Å². The Hall–Kier alpha value is -0.890. The molecule has 1 aliphatic heterocycles. The fraction of sp³-hybridized carbons (Fsp3) is 0.500. The Kier molecular flexibility index (Phi) is 2.55. The van der Waals surface area contributed by atoms with Gasteiger partial charge in [0.1, 0.15) is 5.82 Å². The number of rotatable bonds is 1. The highest BCUT2D eigenvalue weighted by Crippen LogP contribution is 2.27. The van der Waals surface area contributed by atoms with E-state index in [-0.39, 0.29) is 5.82 Å². The summed E-state index contributed by atoms with van der Waals surface area (Å²) >= 11 is 0. The first-order valence-electron chi connectivity index (χ1n) is 5.16. The minimum atomic E-state index is -0.00991. The van der Waals surface area contributed by atoms with Crippen LogP contribution in [0.4, 0.5) is 4.39 Å². The van der Waals surface area contributed by atoms with E-state index in [0.717, 1.165) is 36.2 Å². The highest BCUT2D eigenvalue weighted by molar-refractivity contribution is 5.33. The van der Waals surface area contributed by atoms with Crippen LogP contribution in [0.15, 0.2) is 12.1 Å². The van der Waals surface area contributed by atoms with Crippen molar-refractivity contribution < 1.29 is 4.39 Å². The van der Waals surface area contributed by atoms with Gasteiger partial charge in [-0.3, -0.25) is 0 Å². The number of hydrogen-bond acceptors (Lipinski definition) is 1. The molecule has 0 spiro atoms. The van der Waals surface area contributed by atoms with E-state index in [1.165, 1.54) is 0 Å². The van der Waals surface area contributed by atoms with Gasteiger partial charge < -0.3 is 5.32 Å². The second-order valence-electron chi connectivity index (χ2n) is 4.17. The van der Waals surface area contributed by atoms with Crippen LogP contribution in [0.2, 0.25) is 0 Å². The third-order valence-electron chi connectivity index (χ3n) is 2.93. The van der Waals surface area contributed by atoms with Crippen molar-refractivity contribution in [2.75, 3.05) is 13.1 Å². The fourth-order valence-corrected chi connectivity index (χ4v) is 2.20. The molecule has 1 fully saturated rings. The fourth-order valence-electron chi connectivity index (χ4n) is 2.20. The third kappa shape index (κ3) is 1.67. The Bertz CT molecular complexity index is 340. The van der Waals surface area contributed by atoms with Crippen LogP contribution in [0, 0.1) is 19.7 Å². The molecule has 2 rings (SSSR count). The summed E-state index contributed by atoms with van der Waals surface area (Å²) in [5.41, 5.74) is 2.82. The SMILES string of the molecule is Cc1cc(C)c(F)c(C2CCNC2)c1. The zero-order valence-corrected chi connectivity index (χ0v) is 8.73. The molecule has 1 aromatic rings. The molecular formula is C12H16FN. The molecule has 1 heterocycles. The van der Waals surface area contributed by atoms with Crippen molar-refractivity contribution in [1.82, 2.24) is 5.32 Å². The molecule has 1 atom stereocenters. The molecule has 0 bridgehead atoms. The molecule has 1 N–H and O–H groups in total. The van der Waals surface area contributed by atoms with Crippen LogP contribution in [-0.2, 0) is 0 Å². The summed E-state index contributed by atoms with van der Waals surface area (Å²) in [6, 6.07) is 3.89. The molecule has 0 amide bonds. The Morgan fingerprint density at radius 3 is 2.79 bits per heavy atom. The van der Waals surface area contributed by atoms with Crippen molar-refractivity contribution in [3.63, 3.8) is 0 Å². The summed E-state index contributed by atoms with van der Waals surface area (Å²) in [5.74, 6) is 0.359. The van der Waals surface area contributed by atoms with E-state index in [2.05, 4.69) is 5.32 Å². The quantitative estimate of drug-likeness (QED) is 0.722. The summed E-state index contributed by atoms with van der Waals surface area (Å²) in [6.07, 6.45) is 1.06. The number of hydrogen-bond donors (Lipinski definition) is 1. The van der Waals surface area contributed by atoms with Gasteiger partial charge in [-0.1, -0.05) is 17.7 Å². The van der Waals surface area contributed by atoms with E-state index in [9.17, 15) is 4.39 Å². The molecule has 0 radical (unpaired) electrons. The zero-order chi connectivity index (χ0) is 10.1. The van der Waals surface area contributed by atoms with Gasteiger partial charge in [-0.25, -0.2) is 4.39 Å². The second kappa shape index (κ2) is 3.70. The second-order valence-corrected chi connectivity index (χ2v) is 4.17. The Morgan fingerprint density at radius 1 is 1.36 bits per heavy atom. The summed E-state index contributed by atoms with van der Waals surface area (Å²) in [6.45, 7) is 5.80. The molecule has 1 aliphatic rings. The average molecular weight is 193 g/mol. The van der Waals surface area contributed by atoms with E-state index in [0.29, 0.717) is 5.92 Å². The van der Waals surface area contributed by atoms with E-state index in [4.69, 9.17) is 0 Å². The average Bonchev–Trinajstić information content (AvgIpc) is 2.63. The van der Waals surface area contributed by atoms with Crippen LogP contribution < -0.4 is 5.32 Å². The minimum Gasteiger partial charge on any atom is -0.316 e. The summed E-state index contributed by atoms with van der Waals surface area (Å²) in [5, 5.41) is 3.27. The van der Waals surface area contributed by atoms with Crippen molar-refractivity contribution in [2.45, 2.75) is 26.2 Å². The molecule has 76 valence electrons. The molecular weight excluding hydrogens is 177 g/mol. The van der Waals surface area contributed by atoms with Gasteiger partial charge >= 0.3 is 0 Å². The maximum Gasteiger partial charge on any atom is 0.129 e. The Labute approximate surface area is 84.3 Å². The van der Waals surface area contributed by atoms with E-state index >= 15 is 0 Å². The van der Waals surface area contributed by atoms with Gasteiger partial charge in [0, 0.05) is 12.5 Å². The lowest BCUT2D eigenvalue weighted by Crippen LogP contribution is -2.09. The maximum atomic E-state index is 13.8. The molecule has 1 aromatic carbocycles. The normalized spacial score (nSPS) is 21.5. The first-order valence-corrected chi connectivity index (χ1v) is 5.16. The van der Waals surface area contributed by atoms with Gasteiger partial charge in [0.25, 0.3) is 0 Å². The van der Waals surface area contributed by atoms with E-state index in [1.807, 2.05) is 26.0 Å². The molecule has 14 heavy (non-hydrogen) atoms. The minimum absolute atomic E-state index is 0.00991. The first kappa shape index (κ1) is 9.66.